The summed E-state index contributed by atoms with van der Waals surface area (Å²) in [5, 5.41) is 3.57. The predicted octanol–water partition coefficient (Wildman–Crippen LogP) is 1.59. The summed E-state index contributed by atoms with van der Waals surface area (Å²) in [4.78, 5) is 2.54. The van der Waals surface area contributed by atoms with Gasteiger partial charge in [0.2, 0.25) is 0 Å². The van der Waals surface area contributed by atoms with Crippen molar-refractivity contribution < 1.29 is 4.74 Å². The lowest BCUT2D eigenvalue weighted by atomic mass is 9.98. The Balaban J connectivity index is 2.12. The van der Waals surface area contributed by atoms with E-state index in [4.69, 9.17) is 4.74 Å². The molecule has 0 aromatic carbocycles. The van der Waals surface area contributed by atoms with E-state index in [1.165, 1.54) is 32.5 Å². The maximum absolute atomic E-state index is 5.14. The third-order valence-electron chi connectivity index (χ3n) is 3.20. The molecule has 3 heteroatoms. The standard InChI is InChI=1S/C13H28N2O/c1-12(2)9-14-10-13-5-4-6-15(11-13)7-8-16-3/h12-14H,4-11H2,1-3H3. The first-order valence-electron chi connectivity index (χ1n) is 6.64. The average Bonchev–Trinajstić information content (AvgIpc) is 2.26. The largest absolute Gasteiger partial charge is 0.383 e. The van der Waals surface area contributed by atoms with Crippen LogP contribution in [0.3, 0.4) is 0 Å². The van der Waals surface area contributed by atoms with Crippen molar-refractivity contribution in [2.45, 2.75) is 26.7 Å². The van der Waals surface area contributed by atoms with Crippen molar-refractivity contribution in [3.05, 3.63) is 0 Å². The van der Waals surface area contributed by atoms with Crippen molar-refractivity contribution in [1.82, 2.24) is 10.2 Å². The number of nitrogens with zero attached hydrogens (tertiary/aromatic N) is 1. The smallest absolute Gasteiger partial charge is 0.0589 e. The zero-order valence-corrected chi connectivity index (χ0v) is 11.2. The quantitative estimate of drug-likeness (QED) is 0.716. The van der Waals surface area contributed by atoms with Crippen molar-refractivity contribution in [2.75, 3.05) is 46.4 Å². The second-order valence-electron chi connectivity index (χ2n) is 5.35. The molecule has 1 heterocycles. The molecule has 0 bridgehead atoms. The zero-order chi connectivity index (χ0) is 11.8. The molecule has 1 aliphatic rings. The fraction of sp³-hybridized carbons (Fsp3) is 1.00. The van der Waals surface area contributed by atoms with Crippen LogP contribution in [0.1, 0.15) is 26.7 Å². The molecule has 0 aliphatic carbocycles. The van der Waals surface area contributed by atoms with Crippen LogP contribution >= 0.6 is 0 Å². The van der Waals surface area contributed by atoms with Crippen LogP contribution in [0.2, 0.25) is 0 Å². The van der Waals surface area contributed by atoms with E-state index in [1.54, 1.807) is 7.11 Å². The van der Waals surface area contributed by atoms with E-state index in [2.05, 4.69) is 24.1 Å². The molecule has 1 saturated heterocycles. The summed E-state index contributed by atoms with van der Waals surface area (Å²) in [5.74, 6) is 1.59. The Labute approximate surface area is 101 Å². The van der Waals surface area contributed by atoms with Gasteiger partial charge in [-0.05, 0) is 44.3 Å². The first-order chi connectivity index (χ1) is 7.72. The van der Waals surface area contributed by atoms with Crippen LogP contribution in [0.15, 0.2) is 0 Å². The van der Waals surface area contributed by atoms with E-state index in [-0.39, 0.29) is 0 Å². The number of piperidine rings is 1. The Morgan fingerprint density at radius 1 is 1.44 bits per heavy atom. The van der Waals surface area contributed by atoms with Crippen LogP contribution in [-0.2, 0) is 4.74 Å². The summed E-state index contributed by atoms with van der Waals surface area (Å²) in [7, 11) is 1.78. The van der Waals surface area contributed by atoms with Crippen molar-refractivity contribution >= 4 is 0 Å². The normalized spacial score (nSPS) is 22.9. The third-order valence-corrected chi connectivity index (χ3v) is 3.20. The van der Waals surface area contributed by atoms with E-state index < -0.39 is 0 Å². The van der Waals surface area contributed by atoms with Crippen molar-refractivity contribution in [2.24, 2.45) is 11.8 Å². The minimum Gasteiger partial charge on any atom is -0.383 e. The highest BCUT2D eigenvalue weighted by molar-refractivity contribution is 4.74. The number of hydrogen-bond donors (Lipinski definition) is 1. The second-order valence-corrected chi connectivity index (χ2v) is 5.35. The molecule has 1 rings (SSSR count). The van der Waals surface area contributed by atoms with Crippen molar-refractivity contribution in [3.8, 4) is 0 Å². The number of nitrogens with one attached hydrogen (secondary N) is 1. The van der Waals surface area contributed by atoms with Gasteiger partial charge in [0, 0.05) is 20.2 Å². The van der Waals surface area contributed by atoms with Crippen LogP contribution in [0.25, 0.3) is 0 Å². The van der Waals surface area contributed by atoms with Crippen LogP contribution in [-0.4, -0.2) is 51.3 Å². The summed E-state index contributed by atoms with van der Waals surface area (Å²) >= 11 is 0. The SMILES string of the molecule is COCCN1CCCC(CNCC(C)C)C1. The van der Waals surface area contributed by atoms with Gasteiger partial charge >= 0.3 is 0 Å². The fourth-order valence-electron chi connectivity index (χ4n) is 2.32. The molecular formula is C13H28N2O. The average molecular weight is 228 g/mol. The first kappa shape index (κ1) is 13.9. The fourth-order valence-corrected chi connectivity index (χ4v) is 2.32. The van der Waals surface area contributed by atoms with Gasteiger partial charge in [-0.1, -0.05) is 13.8 Å². The minimum absolute atomic E-state index is 0.758. The third kappa shape index (κ3) is 5.83. The summed E-state index contributed by atoms with van der Waals surface area (Å²) in [6.07, 6.45) is 2.73. The molecule has 0 spiro atoms. The zero-order valence-electron chi connectivity index (χ0n) is 11.2. The van der Waals surface area contributed by atoms with E-state index in [1.807, 2.05) is 0 Å². The molecule has 0 aromatic rings. The second kappa shape index (κ2) is 8.04. The van der Waals surface area contributed by atoms with Gasteiger partial charge in [-0.15, -0.1) is 0 Å². The van der Waals surface area contributed by atoms with E-state index in [0.717, 1.165) is 31.5 Å². The Bertz CT molecular complexity index is 173. The van der Waals surface area contributed by atoms with Crippen molar-refractivity contribution in [1.29, 1.82) is 0 Å². The van der Waals surface area contributed by atoms with Crippen LogP contribution < -0.4 is 5.32 Å². The summed E-state index contributed by atoms with van der Waals surface area (Å²) in [5.41, 5.74) is 0. The predicted molar refractivity (Wildman–Crippen MR) is 68.7 cm³/mol. The Kier molecular flexibility index (Phi) is 7.01. The molecule has 0 amide bonds. The van der Waals surface area contributed by atoms with E-state index in [0.29, 0.717) is 0 Å². The highest BCUT2D eigenvalue weighted by Gasteiger charge is 2.18. The number of ether oxygens (including phenoxy) is 1. The lowest BCUT2D eigenvalue weighted by molar-refractivity contribution is 0.114. The number of hydrogen-bond acceptors (Lipinski definition) is 3. The van der Waals surface area contributed by atoms with Gasteiger partial charge in [-0.25, -0.2) is 0 Å². The van der Waals surface area contributed by atoms with E-state index in [9.17, 15) is 0 Å². The van der Waals surface area contributed by atoms with Gasteiger partial charge in [-0.2, -0.15) is 0 Å². The lowest BCUT2D eigenvalue weighted by Gasteiger charge is -2.32. The highest BCUT2D eigenvalue weighted by atomic mass is 16.5. The van der Waals surface area contributed by atoms with Gasteiger partial charge in [0.1, 0.15) is 0 Å². The van der Waals surface area contributed by atoms with Gasteiger partial charge in [0.25, 0.3) is 0 Å². The van der Waals surface area contributed by atoms with Crippen LogP contribution in [0, 0.1) is 11.8 Å². The number of likely N-dealkylation sites (tertiary alicyclic amines) is 1. The summed E-state index contributed by atoms with van der Waals surface area (Å²) < 4.78 is 5.14. The topological polar surface area (TPSA) is 24.5 Å². The molecule has 3 nitrogen and oxygen atoms in total. The van der Waals surface area contributed by atoms with Crippen LogP contribution in [0.5, 0.6) is 0 Å². The van der Waals surface area contributed by atoms with Gasteiger partial charge in [0.05, 0.1) is 6.61 Å². The Morgan fingerprint density at radius 2 is 2.25 bits per heavy atom. The van der Waals surface area contributed by atoms with E-state index >= 15 is 0 Å². The maximum Gasteiger partial charge on any atom is 0.0589 e. The molecular weight excluding hydrogens is 200 g/mol. The molecule has 16 heavy (non-hydrogen) atoms. The molecule has 1 fully saturated rings. The molecule has 1 aliphatic heterocycles. The molecule has 1 unspecified atom stereocenters. The van der Waals surface area contributed by atoms with Crippen molar-refractivity contribution in [3.63, 3.8) is 0 Å². The maximum atomic E-state index is 5.14. The molecule has 1 N–H and O–H groups in total. The number of methoxy groups -OCH3 is 1. The molecule has 0 saturated carbocycles. The monoisotopic (exact) mass is 228 g/mol. The summed E-state index contributed by atoms with van der Waals surface area (Å²) in [6.45, 7) is 11.3. The molecule has 96 valence electrons. The Morgan fingerprint density at radius 3 is 2.94 bits per heavy atom. The molecule has 1 atom stereocenters. The van der Waals surface area contributed by atoms with Gasteiger partial charge < -0.3 is 15.0 Å². The molecule has 0 radical (unpaired) electrons. The minimum atomic E-state index is 0.758. The van der Waals surface area contributed by atoms with Crippen LogP contribution in [0.4, 0.5) is 0 Å². The number of rotatable bonds is 7. The van der Waals surface area contributed by atoms with Gasteiger partial charge in [-0.3, -0.25) is 0 Å². The highest BCUT2D eigenvalue weighted by Crippen LogP contribution is 2.15. The first-order valence-corrected chi connectivity index (χ1v) is 6.64. The lowest BCUT2D eigenvalue weighted by Crippen LogP contribution is -2.41. The molecule has 0 aromatic heterocycles. The summed E-state index contributed by atoms with van der Waals surface area (Å²) in [6, 6.07) is 0. The van der Waals surface area contributed by atoms with Gasteiger partial charge in [0.15, 0.2) is 0 Å². The Hall–Kier alpha value is -0.120.